The van der Waals surface area contributed by atoms with Gasteiger partial charge in [0.05, 0.1) is 11.6 Å². The van der Waals surface area contributed by atoms with Crippen molar-refractivity contribution in [3.8, 4) is 6.07 Å². The second-order valence-corrected chi connectivity index (χ2v) is 5.46. The van der Waals surface area contributed by atoms with Crippen LogP contribution in [0.1, 0.15) is 31.9 Å². The monoisotopic (exact) mass is 260 g/mol. The number of hydrogen-bond acceptors (Lipinski definition) is 3. The van der Waals surface area contributed by atoms with Crippen LogP contribution in [0.25, 0.3) is 0 Å². The number of ether oxygens (including phenoxy) is 1. The lowest BCUT2D eigenvalue weighted by atomic mass is 10.1. The first kappa shape index (κ1) is 15.0. The Morgan fingerprint density at radius 1 is 1.32 bits per heavy atom. The molecule has 4 heteroatoms. The van der Waals surface area contributed by atoms with Crippen molar-refractivity contribution >= 4 is 6.09 Å². The van der Waals surface area contributed by atoms with E-state index in [0.717, 1.165) is 12.0 Å². The first-order valence-corrected chi connectivity index (χ1v) is 6.25. The number of amides is 1. The average molecular weight is 260 g/mol. The van der Waals surface area contributed by atoms with Crippen LogP contribution in [0.3, 0.4) is 0 Å². The Morgan fingerprint density at radius 2 is 1.89 bits per heavy atom. The van der Waals surface area contributed by atoms with E-state index in [-0.39, 0.29) is 6.09 Å². The number of hydrogen-bond donors (Lipinski definition) is 0. The summed E-state index contributed by atoms with van der Waals surface area (Å²) in [5.74, 6) is 0. The summed E-state index contributed by atoms with van der Waals surface area (Å²) in [6.07, 6.45) is 0.419. The smallest absolute Gasteiger partial charge is 0.410 e. The Bertz CT molecular complexity index is 466. The molecule has 1 aromatic rings. The average Bonchev–Trinajstić information content (AvgIpc) is 2.34. The van der Waals surface area contributed by atoms with Crippen LogP contribution < -0.4 is 0 Å². The second-order valence-electron chi connectivity index (χ2n) is 5.46. The molecule has 102 valence electrons. The van der Waals surface area contributed by atoms with Gasteiger partial charge in [0, 0.05) is 13.6 Å². The highest BCUT2D eigenvalue weighted by Gasteiger charge is 2.19. The van der Waals surface area contributed by atoms with Crippen molar-refractivity contribution < 1.29 is 9.53 Å². The van der Waals surface area contributed by atoms with Crippen LogP contribution in [-0.2, 0) is 11.2 Å². The maximum Gasteiger partial charge on any atom is 0.410 e. The van der Waals surface area contributed by atoms with Crippen LogP contribution in [0.2, 0.25) is 0 Å². The number of carbonyl (C=O) groups is 1. The van der Waals surface area contributed by atoms with Crippen molar-refractivity contribution in [3.05, 3.63) is 35.4 Å². The molecule has 0 aliphatic heterocycles. The largest absolute Gasteiger partial charge is 0.444 e. The minimum Gasteiger partial charge on any atom is -0.444 e. The number of nitrogens with zero attached hydrogens (tertiary/aromatic N) is 2. The van der Waals surface area contributed by atoms with Gasteiger partial charge in [-0.15, -0.1) is 0 Å². The molecule has 0 atom stereocenters. The zero-order valence-corrected chi connectivity index (χ0v) is 11.9. The van der Waals surface area contributed by atoms with E-state index in [1.807, 2.05) is 32.9 Å². The normalized spacial score (nSPS) is 10.7. The summed E-state index contributed by atoms with van der Waals surface area (Å²) in [6.45, 7) is 6.12. The van der Waals surface area contributed by atoms with E-state index in [1.165, 1.54) is 0 Å². The molecule has 0 bridgehead atoms. The fraction of sp³-hybridized carbons (Fsp3) is 0.467. The summed E-state index contributed by atoms with van der Waals surface area (Å²) < 4.78 is 5.27. The van der Waals surface area contributed by atoms with E-state index in [4.69, 9.17) is 10.00 Å². The highest BCUT2D eigenvalue weighted by Crippen LogP contribution is 2.10. The standard InChI is InChI=1S/C15H20N2O2/c1-15(2,3)19-14(18)17(4)10-9-12-5-7-13(11-16)8-6-12/h5-8H,9-10H2,1-4H3. The van der Waals surface area contributed by atoms with Crippen LogP contribution >= 0.6 is 0 Å². The Labute approximate surface area is 114 Å². The van der Waals surface area contributed by atoms with Gasteiger partial charge >= 0.3 is 6.09 Å². The van der Waals surface area contributed by atoms with Gasteiger partial charge in [0.1, 0.15) is 5.60 Å². The predicted octanol–water partition coefficient (Wildman–Crippen LogP) is 2.97. The lowest BCUT2D eigenvalue weighted by Gasteiger charge is -2.24. The van der Waals surface area contributed by atoms with Crippen LogP contribution in [-0.4, -0.2) is 30.2 Å². The molecule has 1 aromatic carbocycles. The van der Waals surface area contributed by atoms with E-state index < -0.39 is 5.60 Å². The van der Waals surface area contributed by atoms with Crippen molar-refractivity contribution in [2.75, 3.05) is 13.6 Å². The summed E-state index contributed by atoms with van der Waals surface area (Å²) in [7, 11) is 1.72. The number of benzene rings is 1. The molecular weight excluding hydrogens is 240 g/mol. The summed E-state index contributed by atoms with van der Waals surface area (Å²) in [5, 5.41) is 8.71. The molecule has 0 spiro atoms. The second kappa shape index (κ2) is 6.24. The Balaban J connectivity index is 2.47. The first-order chi connectivity index (χ1) is 8.81. The van der Waals surface area contributed by atoms with Crippen LogP contribution in [0.5, 0.6) is 0 Å². The first-order valence-electron chi connectivity index (χ1n) is 6.25. The minimum absolute atomic E-state index is 0.318. The van der Waals surface area contributed by atoms with Gasteiger partial charge in [0.15, 0.2) is 0 Å². The predicted molar refractivity (Wildman–Crippen MR) is 73.7 cm³/mol. The van der Waals surface area contributed by atoms with Crippen molar-refractivity contribution in [1.82, 2.24) is 4.90 Å². The molecule has 19 heavy (non-hydrogen) atoms. The molecule has 0 saturated heterocycles. The molecule has 0 N–H and O–H groups in total. The van der Waals surface area contributed by atoms with E-state index in [1.54, 1.807) is 24.1 Å². The van der Waals surface area contributed by atoms with Crippen molar-refractivity contribution in [2.24, 2.45) is 0 Å². The van der Waals surface area contributed by atoms with E-state index >= 15 is 0 Å². The van der Waals surface area contributed by atoms with Gasteiger partial charge in [0.25, 0.3) is 0 Å². The van der Waals surface area contributed by atoms with Gasteiger partial charge in [-0.25, -0.2) is 4.79 Å². The van der Waals surface area contributed by atoms with Crippen molar-refractivity contribution in [1.29, 1.82) is 5.26 Å². The maximum absolute atomic E-state index is 11.7. The molecule has 0 heterocycles. The quantitative estimate of drug-likeness (QED) is 0.839. The number of nitriles is 1. The maximum atomic E-state index is 11.7. The molecule has 0 fully saturated rings. The van der Waals surface area contributed by atoms with E-state index in [2.05, 4.69) is 6.07 Å². The summed E-state index contributed by atoms with van der Waals surface area (Å²) >= 11 is 0. The fourth-order valence-electron chi connectivity index (χ4n) is 1.47. The van der Waals surface area contributed by atoms with Gasteiger partial charge in [-0.2, -0.15) is 5.26 Å². The van der Waals surface area contributed by atoms with Gasteiger partial charge < -0.3 is 9.64 Å². The third kappa shape index (κ3) is 5.43. The van der Waals surface area contributed by atoms with Gasteiger partial charge in [0.2, 0.25) is 0 Å². The fourth-order valence-corrected chi connectivity index (χ4v) is 1.47. The van der Waals surface area contributed by atoms with E-state index in [0.29, 0.717) is 12.1 Å². The van der Waals surface area contributed by atoms with Crippen LogP contribution in [0.4, 0.5) is 4.79 Å². The molecule has 1 amide bonds. The van der Waals surface area contributed by atoms with Crippen molar-refractivity contribution in [3.63, 3.8) is 0 Å². The van der Waals surface area contributed by atoms with Gasteiger partial charge in [-0.05, 0) is 44.9 Å². The lowest BCUT2D eigenvalue weighted by Crippen LogP contribution is -2.35. The van der Waals surface area contributed by atoms with Crippen LogP contribution in [0, 0.1) is 11.3 Å². The van der Waals surface area contributed by atoms with Crippen molar-refractivity contribution in [2.45, 2.75) is 32.8 Å². The Hall–Kier alpha value is -2.02. The number of rotatable bonds is 3. The number of likely N-dealkylation sites (N-methyl/N-ethyl adjacent to an activating group) is 1. The molecule has 4 nitrogen and oxygen atoms in total. The molecule has 0 aromatic heterocycles. The summed E-state index contributed by atoms with van der Waals surface area (Å²) in [4.78, 5) is 13.3. The molecule has 1 rings (SSSR count). The van der Waals surface area contributed by atoms with Gasteiger partial charge in [-0.1, -0.05) is 12.1 Å². The minimum atomic E-state index is -0.472. The summed E-state index contributed by atoms with van der Waals surface area (Å²) in [5.41, 5.74) is 1.26. The molecule has 0 saturated carbocycles. The molecule has 0 aliphatic carbocycles. The SMILES string of the molecule is CN(CCc1ccc(C#N)cc1)C(=O)OC(C)(C)C. The molecule has 0 aliphatic rings. The van der Waals surface area contributed by atoms with Crippen LogP contribution in [0.15, 0.2) is 24.3 Å². The molecule has 0 radical (unpaired) electrons. The zero-order chi connectivity index (χ0) is 14.5. The number of carbonyl (C=O) groups excluding carboxylic acids is 1. The summed E-state index contributed by atoms with van der Waals surface area (Å²) in [6, 6.07) is 9.45. The van der Waals surface area contributed by atoms with Gasteiger partial charge in [-0.3, -0.25) is 0 Å². The lowest BCUT2D eigenvalue weighted by molar-refractivity contribution is 0.0301. The Morgan fingerprint density at radius 3 is 2.37 bits per heavy atom. The molecule has 0 unspecified atom stereocenters. The highest BCUT2D eigenvalue weighted by molar-refractivity contribution is 5.67. The topological polar surface area (TPSA) is 53.3 Å². The molecular formula is C15H20N2O2. The third-order valence-electron chi connectivity index (χ3n) is 2.52. The highest BCUT2D eigenvalue weighted by atomic mass is 16.6. The Kier molecular flexibility index (Phi) is 4.94. The third-order valence-corrected chi connectivity index (χ3v) is 2.52. The zero-order valence-electron chi connectivity index (χ0n) is 11.9. The van der Waals surface area contributed by atoms with E-state index in [9.17, 15) is 4.79 Å².